The molecule has 0 aliphatic carbocycles. The van der Waals surface area contributed by atoms with Gasteiger partial charge in [0.15, 0.2) is 0 Å². The zero-order chi connectivity index (χ0) is 16.7. The van der Waals surface area contributed by atoms with Crippen LogP contribution in [0.4, 0.5) is 0 Å². The minimum atomic E-state index is -0.785. The Kier molecular flexibility index (Phi) is 5.70. The highest BCUT2D eigenvalue weighted by molar-refractivity contribution is 5.87. The number of nitriles is 1. The molecule has 0 radical (unpaired) electrons. The van der Waals surface area contributed by atoms with Gasteiger partial charge in [-0.2, -0.15) is 5.26 Å². The summed E-state index contributed by atoms with van der Waals surface area (Å²) in [4.78, 5) is 23.8. The van der Waals surface area contributed by atoms with Crippen molar-refractivity contribution in [3.63, 3.8) is 0 Å². The second kappa shape index (κ2) is 7.95. The highest BCUT2D eigenvalue weighted by atomic mass is 16.5. The van der Waals surface area contributed by atoms with Crippen LogP contribution in [0.2, 0.25) is 0 Å². The summed E-state index contributed by atoms with van der Waals surface area (Å²) < 4.78 is 4.66. The lowest BCUT2D eigenvalue weighted by atomic mass is 10.0. The van der Waals surface area contributed by atoms with Gasteiger partial charge in [-0.05, 0) is 22.8 Å². The molecule has 0 aliphatic rings. The van der Waals surface area contributed by atoms with Crippen LogP contribution in [0.15, 0.2) is 42.5 Å². The SMILES string of the molecule is COC(=O)[C@@H](CCC#N)NC(=O)Cc1ccc2ccccc2c1. The minimum absolute atomic E-state index is 0.172. The summed E-state index contributed by atoms with van der Waals surface area (Å²) in [5.41, 5.74) is 0.866. The van der Waals surface area contributed by atoms with E-state index in [4.69, 9.17) is 5.26 Å². The smallest absolute Gasteiger partial charge is 0.328 e. The fourth-order valence-electron chi connectivity index (χ4n) is 2.38. The number of hydrogen-bond acceptors (Lipinski definition) is 4. The Morgan fingerprint density at radius 3 is 2.65 bits per heavy atom. The first-order valence-corrected chi connectivity index (χ1v) is 7.36. The summed E-state index contributed by atoms with van der Waals surface area (Å²) in [6.07, 6.45) is 0.591. The molecule has 0 heterocycles. The van der Waals surface area contributed by atoms with E-state index in [1.807, 2.05) is 48.5 Å². The van der Waals surface area contributed by atoms with E-state index in [0.717, 1.165) is 16.3 Å². The number of benzene rings is 2. The summed E-state index contributed by atoms with van der Waals surface area (Å²) >= 11 is 0. The first kappa shape index (κ1) is 16.5. The van der Waals surface area contributed by atoms with Crippen molar-refractivity contribution < 1.29 is 14.3 Å². The number of nitrogens with zero attached hydrogens (tertiary/aromatic N) is 1. The van der Waals surface area contributed by atoms with Crippen LogP contribution in [0.1, 0.15) is 18.4 Å². The lowest BCUT2D eigenvalue weighted by Gasteiger charge is -2.15. The van der Waals surface area contributed by atoms with Gasteiger partial charge < -0.3 is 10.1 Å². The number of ether oxygens (including phenoxy) is 1. The van der Waals surface area contributed by atoms with Crippen LogP contribution in [0.3, 0.4) is 0 Å². The molecule has 118 valence electrons. The highest BCUT2D eigenvalue weighted by Gasteiger charge is 2.21. The lowest BCUT2D eigenvalue weighted by molar-refractivity contribution is -0.145. The molecule has 5 heteroatoms. The van der Waals surface area contributed by atoms with Crippen molar-refractivity contribution in [3.05, 3.63) is 48.0 Å². The fraction of sp³-hybridized carbons (Fsp3) is 0.278. The molecule has 2 aromatic rings. The number of fused-ring (bicyclic) bond motifs is 1. The largest absolute Gasteiger partial charge is 0.467 e. The van der Waals surface area contributed by atoms with E-state index in [1.165, 1.54) is 7.11 Å². The van der Waals surface area contributed by atoms with Crippen molar-refractivity contribution in [3.8, 4) is 6.07 Å². The van der Waals surface area contributed by atoms with Gasteiger partial charge in [0.1, 0.15) is 6.04 Å². The van der Waals surface area contributed by atoms with Crippen LogP contribution in [-0.2, 0) is 20.7 Å². The summed E-state index contributed by atoms with van der Waals surface area (Å²) in [7, 11) is 1.26. The molecule has 2 rings (SSSR count). The Labute approximate surface area is 134 Å². The molecular formula is C18H18N2O3. The van der Waals surface area contributed by atoms with Gasteiger partial charge >= 0.3 is 5.97 Å². The molecule has 0 aromatic heterocycles. The minimum Gasteiger partial charge on any atom is -0.467 e. The van der Waals surface area contributed by atoms with Crippen LogP contribution < -0.4 is 5.32 Å². The van der Waals surface area contributed by atoms with Crippen LogP contribution in [0.5, 0.6) is 0 Å². The standard InChI is InChI=1S/C18H18N2O3/c1-23-18(22)16(7-4-10-19)20-17(21)12-13-8-9-14-5-2-3-6-15(14)11-13/h2-3,5-6,8-9,11,16H,4,7,12H2,1H3,(H,20,21)/t16-/m1/s1. The van der Waals surface area contributed by atoms with Crippen molar-refractivity contribution in [2.24, 2.45) is 0 Å². The van der Waals surface area contributed by atoms with E-state index < -0.39 is 12.0 Å². The molecule has 23 heavy (non-hydrogen) atoms. The lowest BCUT2D eigenvalue weighted by Crippen LogP contribution is -2.42. The maximum Gasteiger partial charge on any atom is 0.328 e. The van der Waals surface area contributed by atoms with E-state index in [9.17, 15) is 9.59 Å². The molecule has 0 unspecified atom stereocenters. The third-order valence-corrected chi connectivity index (χ3v) is 3.54. The summed E-state index contributed by atoms with van der Waals surface area (Å²) in [6.45, 7) is 0. The quantitative estimate of drug-likeness (QED) is 0.831. The Balaban J connectivity index is 2.04. The predicted octanol–water partition coefficient (Wildman–Crippen LogP) is 2.34. The van der Waals surface area contributed by atoms with Gasteiger partial charge in [0.05, 0.1) is 19.6 Å². The normalized spacial score (nSPS) is 11.5. The highest BCUT2D eigenvalue weighted by Crippen LogP contribution is 2.16. The van der Waals surface area contributed by atoms with Crippen LogP contribution >= 0.6 is 0 Å². The molecule has 0 aliphatic heterocycles. The van der Waals surface area contributed by atoms with Gasteiger partial charge in [-0.15, -0.1) is 0 Å². The number of nitrogens with one attached hydrogen (secondary N) is 1. The molecule has 2 aromatic carbocycles. The average Bonchev–Trinajstić information content (AvgIpc) is 2.57. The van der Waals surface area contributed by atoms with Crippen molar-refractivity contribution in [2.45, 2.75) is 25.3 Å². The maximum absolute atomic E-state index is 12.1. The number of hydrogen-bond donors (Lipinski definition) is 1. The number of carbonyl (C=O) groups excluding carboxylic acids is 2. The third kappa shape index (κ3) is 4.55. The zero-order valence-corrected chi connectivity index (χ0v) is 12.9. The Morgan fingerprint density at radius 2 is 1.96 bits per heavy atom. The molecule has 0 fully saturated rings. The predicted molar refractivity (Wildman–Crippen MR) is 86.4 cm³/mol. The van der Waals surface area contributed by atoms with Crippen molar-refractivity contribution in [1.82, 2.24) is 5.32 Å². The number of esters is 1. The maximum atomic E-state index is 12.1. The second-order valence-electron chi connectivity index (χ2n) is 5.20. The van der Waals surface area contributed by atoms with Crippen LogP contribution in [0, 0.1) is 11.3 Å². The Bertz CT molecular complexity index is 749. The van der Waals surface area contributed by atoms with Crippen LogP contribution in [0.25, 0.3) is 10.8 Å². The number of rotatable bonds is 6. The van der Waals surface area contributed by atoms with Gasteiger partial charge in [-0.25, -0.2) is 4.79 Å². The molecule has 0 bridgehead atoms. The molecule has 0 saturated carbocycles. The number of amides is 1. The molecule has 1 N–H and O–H groups in total. The zero-order valence-electron chi connectivity index (χ0n) is 12.9. The first-order valence-electron chi connectivity index (χ1n) is 7.36. The van der Waals surface area contributed by atoms with E-state index in [-0.39, 0.29) is 25.2 Å². The van der Waals surface area contributed by atoms with E-state index in [0.29, 0.717) is 0 Å². The van der Waals surface area contributed by atoms with E-state index >= 15 is 0 Å². The molecule has 5 nitrogen and oxygen atoms in total. The monoisotopic (exact) mass is 310 g/mol. The number of methoxy groups -OCH3 is 1. The van der Waals surface area contributed by atoms with Gasteiger partial charge in [0.2, 0.25) is 5.91 Å². The Morgan fingerprint density at radius 1 is 1.22 bits per heavy atom. The third-order valence-electron chi connectivity index (χ3n) is 3.54. The van der Waals surface area contributed by atoms with Crippen LogP contribution in [-0.4, -0.2) is 25.0 Å². The first-order chi connectivity index (χ1) is 11.1. The number of carbonyl (C=O) groups is 2. The molecule has 0 saturated heterocycles. The van der Waals surface area contributed by atoms with E-state index in [2.05, 4.69) is 10.1 Å². The summed E-state index contributed by atoms with van der Waals surface area (Å²) in [5.74, 6) is -0.805. The van der Waals surface area contributed by atoms with Gasteiger partial charge in [-0.1, -0.05) is 42.5 Å². The fourth-order valence-corrected chi connectivity index (χ4v) is 2.38. The van der Waals surface area contributed by atoms with E-state index in [1.54, 1.807) is 0 Å². The average molecular weight is 310 g/mol. The molecular weight excluding hydrogens is 292 g/mol. The van der Waals surface area contributed by atoms with Gasteiger partial charge in [-0.3, -0.25) is 4.79 Å². The molecule has 1 atom stereocenters. The van der Waals surface area contributed by atoms with Crippen molar-refractivity contribution in [1.29, 1.82) is 5.26 Å². The molecule has 1 amide bonds. The summed E-state index contributed by atoms with van der Waals surface area (Å²) in [6, 6.07) is 14.9. The summed E-state index contributed by atoms with van der Waals surface area (Å²) in [5, 5.41) is 13.4. The van der Waals surface area contributed by atoms with Gasteiger partial charge in [0, 0.05) is 6.42 Å². The van der Waals surface area contributed by atoms with Gasteiger partial charge in [0.25, 0.3) is 0 Å². The second-order valence-corrected chi connectivity index (χ2v) is 5.20. The molecule has 0 spiro atoms. The van der Waals surface area contributed by atoms with Crippen molar-refractivity contribution >= 4 is 22.6 Å². The Hall–Kier alpha value is -2.87. The van der Waals surface area contributed by atoms with Crippen molar-refractivity contribution in [2.75, 3.05) is 7.11 Å². The topological polar surface area (TPSA) is 79.2 Å².